The normalized spacial score (nSPS) is 26.9. The molecule has 0 spiro atoms. The summed E-state index contributed by atoms with van der Waals surface area (Å²) in [6.07, 6.45) is 2.85. The molecule has 0 aromatic carbocycles. The van der Waals surface area contributed by atoms with Crippen molar-refractivity contribution in [1.82, 2.24) is 5.32 Å². The molecule has 0 saturated heterocycles. The van der Waals surface area contributed by atoms with Gasteiger partial charge in [0, 0.05) is 26.1 Å². The van der Waals surface area contributed by atoms with E-state index < -0.39 is 0 Å². The van der Waals surface area contributed by atoms with E-state index in [1.807, 2.05) is 0 Å². The van der Waals surface area contributed by atoms with Crippen LogP contribution < -0.4 is 11.1 Å². The second-order valence-electron chi connectivity index (χ2n) is 3.90. The molecule has 0 aromatic rings. The number of methoxy groups -OCH3 is 1. The van der Waals surface area contributed by atoms with Gasteiger partial charge in [-0.1, -0.05) is 6.42 Å². The van der Waals surface area contributed by atoms with Crippen molar-refractivity contribution in [3.63, 3.8) is 0 Å². The van der Waals surface area contributed by atoms with E-state index in [0.29, 0.717) is 25.7 Å². The first kappa shape index (κ1) is 12.3. The van der Waals surface area contributed by atoms with Crippen molar-refractivity contribution in [3.8, 4) is 0 Å². The molecule has 0 heterocycles. The quantitative estimate of drug-likeness (QED) is 0.334. The maximum Gasteiger partial charge on any atom is 0.188 e. The molecular formula is C10H21N3O2. The van der Waals surface area contributed by atoms with Gasteiger partial charge < -0.3 is 20.9 Å². The average Bonchev–Trinajstić information content (AvgIpc) is 2.61. The maximum atomic E-state index is 9.57. The van der Waals surface area contributed by atoms with E-state index in [-0.39, 0.29) is 12.0 Å². The molecule has 88 valence electrons. The third-order valence-corrected chi connectivity index (χ3v) is 2.73. The summed E-state index contributed by atoms with van der Waals surface area (Å²) in [5.41, 5.74) is 5.64. The number of aliphatic hydroxyl groups is 1. The standard InChI is InChI=1S/C10H21N3O2/c1-15-6-5-12-10(11)13-7-8-3-2-4-9(8)14/h8-9,14H,2-7H2,1H3,(H3,11,12,13). The summed E-state index contributed by atoms with van der Waals surface area (Å²) in [5.74, 6) is 0.721. The Hall–Kier alpha value is -0.810. The van der Waals surface area contributed by atoms with Gasteiger partial charge in [-0.25, -0.2) is 0 Å². The van der Waals surface area contributed by atoms with Gasteiger partial charge in [-0.2, -0.15) is 0 Å². The van der Waals surface area contributed by atoms with Crippen LogP contribution in [0.5, 0.6) is 0 Å². The van der Waals surface area contributed by atoms with E-state index in [2.05, 4.69) is 10.3 Å². The summed E-state index contributed by atoms with van der Waals surface area (Å²) in [6.45, 7) is 1.90. The number of hydrogen-bond donors (Lipinski definition) is 3. The SMILES string of the molecule is COCCNC(N)=NCC1CCCC1O. The Morgan fingerprint density at radius 1 is 1.60 bits per heavy atom. The third kappa shape index (κ3) is 4.48. The molecule has 0 amide bonds. The number of rotatable bonds is 5. The first-order valence-corrected chi connectivity index (χ1v) is 5.45. The largest absolute Gasteiger partial charge is 0.393 e. The highest BCUT2D eigenvalue weighted by Crippen LogP contribution is 2.25. The van der Waals surface area contributed by atoms with Crippen LogP contribution in [0.4, 0.5) is 0 Å². The number of hydrogen-bond acceptors (Lipinski definition) is 3. The van der Waals surface area contributed by atoms with Crippen molar-refractivity contribution >= 4 is 5.96 Å². The Bertz CT molecular complexity index is 209. The zero-order valence-corrected chi connectivity index (χ0v) is 9.28. The second kappa shape index (κ2) is 6.63. The molecule has 1 saturated carbocycles. The fourth-order valence-electron chi connectivity index (χ4n) is 1.78. The first-order valence-electron chi connectivity index (χ1n) is 5.45. The van der Waals surface area contributed by atoms with Crippen molar-refractivity contribution in [2.45, 2.75) is 25.4 Å². The average molecular weight is 215 g/mol. The molecular weight excluding hydrogens is 194 g/mol. The van der Waals surface area contributed by atoms with Crippen molar-refractivity contribution < 1.29 is 9.84 Å². The Balaban J connectivity index is 2.18. The second-order valence-corrected chi connectivity index (χ2v) is 3.90. The van der Waals surface area contributed by atoms with E-state index in [9.17, 15) is 5.11 Å². The minimum absolute atomic E-state index is 0.194. The Morgan fingerprint density at radius 3 is 3.00 bits per heavy atom. The van der Waals surface area contributed by atoms with Gasteiger partial charge in [0.25, 0.3) is 0 Å². The minimum Gasteiger partial charge on any atom is -0.393 e. The molecule has 4 N–H and O–H groups in total. The number of ether oxygens (including phenoxy) is 1. The molecule has 5 nitrogen and oxygen atoms in total. The highest BCUT2D eigenvalue weighted by Gasteiger charge is 2.24. The van der Waals surface area contributed by atoms with Gasteiger partial charge in [0.05, 0.1) is 12.7 Å². The fourth-order valence-corrected chi connectivity index (χ4v) is 1.78. The number of nitrogens with one attached hydrogen (secondary N) is 1. The van der Waals surface area contributed by atoms with Crippen LogP contribution in [0, 0.1) is 5.92 Å². The van der Waals surface area contributed by atoms with E-state index in [1.54, 1.807) is 7.11 Å². The molecule has 2 atom stereocenters. The smallest absolute Gasteiger partial charge is 0.188 e. The summed E-state index contributed by atoms with van der Waals surface area (Å²) in [5, 5.41) is 12.5. The minimum atomic E-state index is -0.194. The first-order chi connectivity index (χ1) is 7.24. The molecule has 0 aliphatic heterocycles. The van der Waals surface area contributed by atoms with Crippen molar-refractivity contribution in [1.29, 1.82) is 0 Å². The van der Waals surface area contributed by atoms with Crippen molar-refractivity contribution in [2.75, 3.05) is 26.8 Å². The molecule has 1 fully saturated rings. The molecule has 1 aliphatic rings. The van der Waals surface area contributed by atoms with Crippen LogP contribution in [-0.2, 0) is 4.74 Å². The number of nitrogens with zero attached hydrogens (tertiary/aromatic N) is 1. The van der Waals surface area contributed by atoms with Gasteiger partial charge >= 0.3 is 0 Å². The summed E-state index contributed by atoms with van der Waals surface area (Å²) in [4.78, 5) is 4.20. The highest BCUT2D eigenvalue weighted by atomic mass is 16.5. The van der Waals surface area contributed by atoms with Crippen LogP contribution in [0.25, 0.3) is 0 Å². The predicted octanol–water partition coefficient (Wildman–Crippen LogP) is -0.302. The van der Waals surface area contributed by atoms with E-state index >= 15 is 0 Å². The lowest BCUT2D eigenvalue weighted by atomic mass is 10.1. The van der Waals surface area contributed by atoms with Gasteiger partial charge in [-0.05, 0) is 12.8 Å². The third-order valence-electron chi connectivity index (χ3n) is 2.73. The molecule has 0 bridgehead atoms. The Kier molecular flexibility index (Phi) is 5.42. The predicted molar refractivity (Wildman–Crippen MR) is 59.7 cm³/mol. The molecule has 2 unspecified atom stereocenters. The van der Waals surface area contributed by atoms with Gasteiger partial charge in [-0.3, -0.25) is 4.99 Å². The Labute approximate surface area is 90.7 Å². The summed E-state index contributed by atoms with van der Waals surface area (Å²) < 4.78 is 4.87. The lowest BCUT2D eigenvalue weighted by Crippen LogP contribution is -2.34. The maximum absolute atomic E-state index is 9.57. The van der Waals surface area contributed by atoms with E-state index in [0.717, 1.165) is 19.3 Å². The lowest BCUT2D eigenvalue weighted by Gasteiger charge is -2.12. The van der Waals surface area contributed by atoms with Crippen LogP contribution in [0.3, 0.4) is 0 Å². The summed E-state index contributed by atoms with van der Waals surface area (Å²) in [6, 6.07) is 0. The summed E-state index contributed by atoms with van der Waals surface area (Å²) in [7, 11) is 1.64. The zero-order valence-electron chi connectivity index (χ0n) is 9.28. The lowest BCUT2D eigenvalue weighted by molar-refractivity contribution is 0.136. The molecule has 1 rings (SSSR count). The van der Waals surface area contributed by atoms with Gasteiger partial charge in [0.2, 0.25) is 0 Å². The molecule has 15 heavy (non-hydrogen) atoms. The fraction of sp³-hybridized carbons (Fsp3) is 0.900. The number of nitrogens with two attached hydrogens (primary N) is 1. The highest BCUT2D eigenvalue weighted by molar-refractivity contribution is 5.77. The monoisotopic (exact) mass is 215 g/mol. The topological polar surface area (TPSA) is 79.9 Å². The number of aliphatic hydroxyl groups excluding tert-OH is 1. The summed E-state index contributed by atoms with van der Waals surface area (Å²) >= 11 is 0. The molecule has 5 heteroatoms. The van der Waals surface area contributed by atoms with Gasteiger partial charge in [0.1, 0.15) is 0 Å². The Morgan fingerprint density at radius 2 is 2.40 bits per heavy atom. The molecule has 0 aromatic heterocycles. The van der Waals surface area contributed by atoms with Crippen molar-refractivity contribution in [3.05, 3.63) is 0 Å². The van der Waals surface area contributed by atoms with Crippen LogP contribution in [-0.4, -0.2) is 44.0 Å². The van der Waals surface area contributed by atoms with Crippen LogP contribution in [0.2, 0.25) is 0 Å². The van der Waals surface area contributed by atoms with Crippen LogP contribution >= 0.6 is 0 Å². The number of aliphatic imine (C=N–C) groups is 1. The van der Waals surface area contributed by atoms with Crippen molar-refractivity contribution in [2.24, 2.45) is 16.6 Å². The van der Waals surface area contributed by atoms with Crippen LogP contribution in [0.1, 0.15) is 19.3 Å². The molecule has 1 aliphatic carbocycles. The zero-order chi connectivity index (χ0) is 11.1. The van der Waals surface area contributed by atoms with E-state index in [4.69, 9.17) is 10.5 Å². The van der Waals surface area contributed by atoms with Gasteiger partial charge in [-0.15, -0.1) is 0 Å². The molecule has 0 radical (unpaired) electrons. The van der Waals surface area contributed by atoms with Gasteiger partial charge in [0.15, 0.2) is 5.96 Å². The van der Waals surface area contributed by atoms with Crippen LogP contribution in [0.15, 0.2) is 4.99 Å². The van der Waals surface area contributed by atoms with E-state index in [1.165, 1.54) is 0 Å². The number of guanidine groups is 1.